The predicted octanol–water partition coefficient (Wildman–Crippen LogP) is 0.459. The molecule has 21 heavy (non-hydrogen) atoms. The maximum Gasteiger partial charge on any atom is 0.257 e. The second kappa shape index (κ2) is 7.24. The monoisotopic (exact) mass is 290 g/mol. The summed E-state index contributed by atoms with van der Waals surface area (Å²) in [7, 11) is 1.35. The quantitative estimate of drug-likeness (QED) is 0.607. The number of rotatable bonds is 5. The van der Waals surface area contributed by atoms with Crippen molar-refractivity contribution in [3.8, 4) is 6.19 Å². The Hall–Kier alpha value is -2.62. The first kappa shape index (κ1) is 16.4. The first-order chi connectivity index (χ1) is 9.85. The highest BCUT2D eigenvalue weighted by Gasteiger charge is 2.25. The van der Waals surface area contributed by atoms with Gasteiger partial charge in [-0.15, -0.1) is 0 Å². The largest absolute Gasteiger partial charge is 0.340 e. The van der Waals surface area contributed by atoms with Crippen molar-refractivity contribution in [1.82, 2.24) is 15.2 Å². The number of carbonyl (C=O) groups excluding carboxylic acids is 2. The van der Waals surface area contributed by atoms with Crippen LogP contribution in [0.2, 0.25) is 0 Å². The molecule has 0 fully saturated rings. The third-order valence-electron chi connectivity index (χ3n) is 2.84. The first-order valence-corrected chi connectivity index (χ1v) is 6.52. The second-order valence-corrected chi connectivity index (χ2v) is 5.09. The lowest BCUT2D eigenvalue weighted by atomic mass is 10.0. The number of carbonyl (C=O) groups is 2. The molecule has 0 aliphatic carbocycles. The average Bonchev–Trinajstić information content (AvgIpc) is 2.45. The van der Waals surface area contributed by atoms with Gasteiger partial charge in [0, 0.05) is 19.3 Å². The average molecular weight is 290 g/mol. The minimum Gasteiger partial charge on any atom is -0.340 e. The molecule has 1 rings (SSSR count). The van der Waals surface area contributed by atoms with E-state index in [1.807, 2.05) is 13.8 Å². The Morgan fingerprint density at radius 3 is 2.57 bits per heavy atom. The van der Waals surface area contributed by atoms with E-state index < -0.39 is 17.9 Å². The van der Waals surface area contributed by atoms with E-state index in [1.165, 1.54) is 25.4 Å². The number of aromatic nitrogens is 1. The molecule has 1 aromatic rings. The van der Waals surface area contributed by atoms with Crippen LogP contribution in [0.1, 0.15) is 30.6 Å². The summed E-state index contributed by atoms with van der Waals surface area (Å²) in [6, 6.07) is 1.82. The summed E-state index contributed by atoms with van der Waals surface area (Å²) >= 11 is 0. The van der Waals surface area contributed by atoms with Crippen molar-refractivity contribution in [2.24, 2.45) is 5.92 Å². The van der Waals surface area contributed by atoms with E-state index in [4.69, 9.17) is 5.26 Å². The van der Waals surface area contributed by atoms with Crippen LogP contribution in [0.5, 0.6) is 0 Å². The van der Waals surface area contributed by atoms with Crippen LogP contribution in [-0.4, -0.2) is 34.8 Å². The van der Waals surface area contributed by atoms with E-state index in [1.54, 1.807) is 6.19 Å². The molecular weight excluding hydrogens is 272 g/mol. The molecule has 0 spiro atoms. The van der Waals surface area contributed by atoms with E-state index in [9.17, 15) is 14.4 Å². The number of nitriles is 1. The zero-order chi connectivity index (χ0) is 16.0. The number of nitrogens with one attached hydrogen (secondary N) is 2. The van der Waals surface area contributed by atoms with Gasteiger partial charge in [-0.2, -0.15) is 5.26 Å². The highest BCUT2D eigenvalue weighted by atomic mass is 16.2. The zero-order valence-electron chi connectivity index (χ0n) is 12.2. The molecule has 7 nitrogen and oxygen atoms in total. The van der Waals surface area contributed by atoms with E-state index >= 15 is 0 Å². The van der Waals surface area contributed by atoms with Crippen LogP contribution in [0, 0.1) is 17.4 Å². The van der Waals surface area contributed by atoms with Gasteiger partial charge in [-0.1, -0.05) is 13.8 Å². The molecule has 2 N–H and O–H groups in total. The Balaban J connectivity index is 2.88. The van der Waals surface area contributed by atoms with Crippen LogP contribution in [0.25, 0.3) is 0 Å². The van der Waals surface area contributed by atoms with Gasteiger partial charge in [0.2, 0.25) is 5.56 Å². The number of H-pyrrole nitrogens is 1. The predicted molar refractivity (Wildman–Crippen MR) is 76.2 cm³/mol. The van der Waals surface area contributed by atoms with Crippen molar-refractivity contribution in [3.63, 3.8) is 0 Å². The summed E-state index contributed by atoms with van der Waals surface area (Å²) < 4.78 is 0. The molecule has 0 aliphatic heterocycles. The van der Waals surface area contributed by atoms with Crippen LogP contribution in [-0.2, 0) is 4.79 Å². The fraction of sp³-hybridized carbons (Fsp3) is 0.429. The summed E-state index contributed by atoms with van der Waals surface area (Å²) in [5.41, 5.74) is -0.0682. The molecule has 7 heteroatoms. The lowest BCUT2D eigenvalue weighted by molar-refractivity contribution is -0.129. The van der Waals surface area contributed by atoms with Crippen molar-refractivity contribution in [3.05, 3.63) is 34.2 Å². The van der Waals surface area contributed by atoms with Crippen LogP contribution in [0.15, 0.2) is 23.1 Å². The third-order valence-corrected chi connectivity index (χ3v) is 2.84. The Morgan fingerprint density at radius 2 is 2.10 bits per heavy atom. The molecule has 0 radical (unpaired) electrons. The highest BCUT2D eigenvalue weighted by Crippen LogP contribution is 2.08. The van der Waals surface area contributed by atoms with Gasteiger partial charge in [-0.3, -0.25) is 19.3 Å². The van der Waals surface area contributed by atoms with E-state index in [0.717, 1.165) is 4.90 Å². The molecule has 0 unspecified atom stereocenters. The van der Waals surface area contributed by atoms with Gasteiger partial charge in [0.15, 0.2) is 6.19 Å². The van der Waals surface area contributed by atoms with Gasteiger partial charge in [0.1, 0.15) is 6.04 Å². The topological polar surface area (TPSA) is 106 Å². The summed E-state index contributed by atoms with van der Waals surface area (Å²) in [5.74, 6) is -0.775. The normalized spacial score (nSPS) is 11.6. The molecule has 1 heterocycles. The number of pyridine rings is 1. The molecule has 1 aromatic heterocycles. The van der Waals surface area contributed by atoms with Crippen LogP contribution in [0.3, 0.4) is 0 Å². The fourth-order valence-corrected chi connectivity index (χ4v) is 1.77. The molecule has 112 valence electrons. The van der Waals surface area contributed by atoms with Crippen LogP contribution in [0.4, 0.5) is 0 Å². The van der Waals surface area contributed by atoms with Crippen molar-refractivity contribution >= 4 is 11.8 Å². The molecule has 0 saturated carbocycles. The number of hydrogen-bond donors (Lipinski definition) is 2. The van der Waals surface area contributed by atoms with Crippen LogP contribution < -0.4 is 10.9 Å². The van der Waals surface area contributed by atoms with Gasteiger partial charge < -0.3 is 10.3 Å². The highest BCUT2D eigenvalue weighted by molar-refractivity contribution is 5.97. The minimum absolute atomic E-state index is 0.168. The zero-order valence-corrected chi connectivity index (χ0v) is 12.2. The van der Waals surface area contributed by atoms with Crippen LogP contribution >= 0.6 is 0 Å². The maximum atomic E-state index is 12.1. The molecule has 0 saturated heterocycles. The SMILES string of the molecule is CC(C)C[C@H](NC(=O)c1ccc(=O)[nH]c1)C(=O)N(C)C#N. The van der Waals surface area contributed by atoms with Gasteiger partial charge in [-0.25, -0.2) is 0 Å². The van der Waals surface area contributed by atoms with Gasteiger partial charge in [-0.05, 0) is 18.4 Å². The molecular formula is C14H18N4O3. The second-order valence-electron chi connectivity index (χ2n) is 5.09. The molecule has 0 aromatic carbocycles. The van der Waals surface area contributed by atoms with Gasteiger partial charge in [0.25, 0.3) is 11.8 Å². The Kier molecular flexibility index (Phi) is 5.67. The Labute approximate surface area is 122 Å². The minimum atomic E-state index is -0.783. The number of aromatic amines is 1. The van der Waals surface area contributed by atoms with Crippen molar-refractivity contribution < 1.29 is 9.59 Å². The lowest BCUT2D eigenvalue weighted by Gasteiger charge is -2.21. The third kappa shape index (κ3) is 4.76. The lowest BCUT2D eigenvalue weighted by Crippen LogP contribution is -2.46. The number of hydrogen-bond acceptors (Lipinski definition) is 4. The molecule has 1 atom stereocenters. The number of nitrogens with zero attached hydrogens (tertiary/aromatic N) is 2. The first-order valence-electron chi connectivity index (χ1n) is 6.52. The van der Waals surface area contributed by atoms with Gasteiger partial charge >= 0.3 is 0 Å². The maximum absolute atomic E-state index is 12.1. The van der Waals surface area contributed by atoms with E-state index in [-0.39, 0.29) is 17.0 Å². The molecule has 2 amide bonds. The number of likely N-dealkylation sites (N-methyl/N-ethyl adjacent to an activating group) is 1. The smallest absolute Gasteiger partial charge is 0.257 e. The van der Waals surface area contributed by atoms with Crippen molar-refractivity contribution in [1.29, 1.82) is 5.26 Å². The summed E-state index contributed by atoms with van der Waals surface area (Å²) in [6.45, 7) is 3.83. The fourth-order valence-electron chi connectivity index (χ4n) is 1.77. The molecule has 0 aliphatic rings. The Morgan fingerprint density at radius 1 is 1.43 bits per heavy atom. The number of amides is 2. The summed E-state index contributed by atoms with van der Waals surface area (Å²) in [6.07, 6.45) is 3.42. The molecule has 0 bridgehead atoms. The summed E-state index contributed by atoms with van der Waals surface area (Å²) in [4.78, 5) is 38.4. The van der Waals surface area contributed by atoms with Crippen molar-refractivity contribution in [2.45, 2.75) is 26.3 Å². The Bertz CT molecular complexity index is 595. The standard InChI is InChI=1S/C14H18N4O3/c1-9(2)6-11(14(21)18(3)8-15)17-13(20)10-4-5-12(19)16-7-10/h4-5,7,9,11H,6H2,1-3H3,(H,16,19)(H,17,20)/t11-/m0/s1. The summed E-state index contributed by atoms with van der Waals surface area (Å²) in [5, 5.41) is 11.4. The van der Waals surface area contributed by atoms with E-state index in [2.05, 4.69) is 10.3 Å². The van der Waals surface area contributed by atoms with Crippen molar-refractivity contribution in [2.75, 3.05) is 7.05 Å². The van der Waals surface area contributed by atoms with Gasteiger partial charge in [0.05, 0.1) is 5.56 Å². The van der Waals surface area contributed by atoms with E-state index in [0.29, 0.717) is 6.42 Å².